The van der Waals surface area contributed by atoms with Crippen molar-refractivity contribution in [1.29, 1.82) is 0 Å². The average Bonchev–Trinajstić information content (AvgIpc) is 2.97. The van der Waals surface area contributed by atoms with Crippen molar-refractivity contribution in [2.45, 2.75) is 31.7 Å². The molecule has 0 bridgehead atoms. The van der Waals surface area contributed by atoms with Crippen LogP contribution < -0.4 is 5.32 Å². The summed E-state index contributed by atoms with van der Waals surface area (Å²) in [5, 5.41) is 4.57. The van der Waals surface area contributed by atoms with Crippen LogP contribution in [0.25, 0.3) is 10.9 Å². The van der Waals surface area contributed by atoms with Crippen molar-refractivity contribution in [3.05, 3.63) is 35.0 Å². The summed E-state index contributed by atoms with van der Waals surface area (Å²) in [6.07, 6.45) is 3.22. The van der Waals surface area contributed by atoms with E-state index >= 15 is 0 Å². The van der Waals surface area contributed by atoms with Crippen LogP contribution in [0, 0.1) is 0 Å². The molecule has 1 fully saturated rings. The number of carbonyl (C=O) groups excluding carboxylic acids is 2. The minimum atomic E-state index is -0.895. The molecule has 25 heavy (non-hydrogen) atoms. The molecule has 5 nitrogen and oxygen atoms in total. The zero-order chi connectivity index (χ0) is 17.9. The fourth-order valence-corrected chi connectivity index (χ4v) is 4.52. The van der Waals surface area contributed by atoms with Crippen LogP contribution >= 0.6 is 23.4 Å². The molecule has 134 valence electrons. The zero-order valence-corrected chi connectivity index (χ0v) is 15.6. The van der Waals surface area contributed by atoms with Gasteiger partial charge < -0.3 is 15.0 Å². The molecule has 1 aromatic heterocycles. The Morgan fingerprint density at radius 3 is 2.84 bits per heavy atom. The van der Waals surface area contributed by atoms with Gasteiger partial charge in [-0.05, 0) is 49.0 Å². The average molecular weight is 381 g/mol. The minimum absolute atomic E-state index is 0.171. The number of benzene rings is 1. The van der Waals surface area contributed by atoms with Crippen LogP contribution in [-0.2, 0) is 20.7 Å². The highest BCUT2D eigenvalue weighted by atomic mass is 35.5. The third-order valence-electron chi connectivity index (χ3n) is 4.47. The van der Waals surface area contributed by atoms with Crippen molar-refractivity contribution in [1.82, 2.24) is 10.3 Å². The molecular formula is C18H21ClN2O3S. The van der Waals surface area contributed by atoms with E-state index in [0.717, 1.165) is 28.0 Å². The number of ether oxygens (including phenoxy) is 1. The first kappa shape index (κ1) is 18.1. The lowest BCUT2D eigenvalue weighted by molar-refractivity contribution is -0.153. The van der Waals surface area contributed by atoms with Gasteiger partial charge in [-0.3, -0.25) is 4.79 Å². The largest absolute Gasteiger partial charge is 0.464 e. The Balaban J connectivity index is 1.76. The van der Waals surface area contributed by atoms with Crippen LogP contribution in [0.1, 0.15) is 25.3 Å². The lowest BCUT2D eigenvalue weighted by Crippen LogP contribution is -2.57. The van der Waals surface area contributed by atoms with E-state index in [2.05, 4.69) is 10.3 Å². The molecule has 0 radical (unpaired) electrons. The highest BCUT2D eigenvalue weighted by Gasteiger charge is 2.42. The number of halogens is 1. The maximum absolute atomic E-state index is 12.6. The van der Waals surface area contributed by atoms with Crippen LogP contribution in [-0.4, -0.2) is 40.5 Å². The highest BCUT2D eigenvalue weighted by molar-refractivity contribution is 7.99. The van der Waals surface area contributed by atoms with Gasteiger partial charge in [0.2, 0.25) is 5.91 Å². The first-order valence-electron chi connectivity index (χ1n) is 8.35. The quantitative estimate of drug-likeness (QED) is 0.780. The summed E-state index contributed by atoms with van der Waals surface area (Å²) in [5.74, 6) is 1.18. The lowest BCUT2D eigenvalue weighted by Gasteiger charge is -2.35. The van der Waals surface area contributed by atoms with Gasteiger partial charge in [0.05, 0.1) is 13.0 Å². The third-order valence-corrected chi connectivity index (χ3v) is 5.69. The van der Waals surface area contributed by atoms with Gasteiger partial charge >= 0.3 is 5.97 Å². The third kappa shape index (κ3) is 3.96. The molecule has 0 spiro atoms. The van der Waals surface area contributed by atoms with Gasteiger partial charge in [0, 0.05) is 22.1 Å². The second kappa shape index (κ2) is 7.70. The molecule has 2 N–H and O–H groups in total. The molecule has 1 aromatic carbocycles. The number of aromatic nitrogens is 1. The molecule has 0 aliphatic carbocycles. The number of H-pyrrole nitrogens is 1. The Kier molecular flexibility index (Phi) is 5.59. The minimum Gasteiger partial charge on any atom is -0.464 e. The molecule has 1 saturated heterocycles. The Bertz CT molecular complexity index is 784. The van der Waals surface area contributed by atoms with Crippen LogP contribution in [0.4, 0.5) is 0 Å². The maximum Gasteiger partial charge on any atom is 0.331 e. The van der Waals surface area contributed by atoms with Crippen LogP contribution in [0.5, 0.6) is 0 Å². The Morgan fingerprint density at radius 1 is 1.36 bits per heavy atom. The van der Waals surface area contributed by atoms with E-state index in [9.17, 15) is 9.59 Å². The number of esters is 1. The number of fused-ring (bicyclic) bond motifs is 1. The summed E-state index contributed by atoms with van der Waals surface area (Å²) < 4.78 is 5.22. The number of amides is 1. The first-order chi connectivity index (χ1) is 12.0. The number of aromatic amines is 1. The fraction of sp³-hybridized carbons (Fsp3) is 0.444. The van der Waals surface area contributed by atoms with Crippen LogP contribution in [0.3, 0.4) is 0 Å². The molecule has 1 aliphatic rings. The SMILES string of the molecule is CCOC(=O)C1(NC(=O)Cc2c[nH]c3cc(Cl)ccc23)CCSCC1. The van der Waals surface area contributed by atoms with Gasteiger partial charge in [-0.25, -0.2) is 4.79 Å². The summed E-state index contributed by atoms with van der Waals surface area (Å²) in [4.78, 5) is 28.2. The van der Waals surface area contributed by atoms with Crippen molar-refractivity contribution >= 4 is 46.1 Å². The monoisotopic (exact) mass is 380 g/mol. The summed E-state index contributed by atoms with van der Waals surface area (Å²) in [6.45, 7) is 2.09. The molecule has 1 amide bonds. The van der Waals surface area contributed by atoms with Gasteiger partial charge in [0.15, 0.2) is 0 Å². The topological polar surface area (TPSA) is 71.2 Å². The van der Waals surface area contributed by atoms with E-state index in [1.807, 2.05) is 18.3 Å². The van der Waals surface area contributed by atoms with E-state index in [1.54, 1.807) is 24.8 Å². The lowest BCUT2D eigenvalue weighted by atomic mass is 9.91. The Hall–Kier alpha value is -1.66. The molecule has 2 aromatic rings. The van der Waals surface area contributed by atoms with Crippen molar-refractivity contribution in [3.8, 4) is 0 Å². The van der Waals surface area contributed by atoms with Crippen molar-refractivity contribution < 1.29 is 14.3 Å². The second-order valence-corrected chi connectivity index (χ2v) is 7.80. The first-order valence-corrected chi connectivity index (χ1v) is 9.89. The summed E-state index contributed by atoms with van der Waals surface area (Å²) >= 11 is 7.78. The number of carbonyl (C=O) groups is 2. The number of hydrogen-bond acceptors (Lipinski definition) is 4. The number of hydrogen-bond donors (Lipinski definition) is 2. The Morgan fingerprint density at radius 2 is 2.12 bits per heavy atom. The summed E-state index contributed by atoms with van der Waals surface area (Å²) in [7, 11) is 0. The Labute approximate surface area is 155 Å². The molecular weight excluding hydrogens is 360 g/mol. The number of rotatable bonds is 5. The summed E-state index contributed by atoms with van der Waals surface area (Å²) in [6, 6.07) is 5.53. The van der Waals surface area contributed by atoms with E-state index in [-0.39, 0.29) is 18.3 Å². The zero-order valence-electron chi connectivity index (χ0n) is 14.1. The molecule has 2 heterocycles. The van der Waals surface area contributed by atoms with E-state index in [4.69, 9.17) is 16.3 Å². The van der Waals surface area contributed by atoms with Crippen molar-refractivity contribution in [2.24, 2.45) is 0 Å². The normalized spacial score (nSPS) is 16.6. The number of nitrogens with one attached hydrogen (secondary N) is 2. The fourth-order valence-electron chi connectivity index (χ4n) is 3.16. The second-order valence-electron chi connectivity index (χ2n) is 6.14. The van der Waals surface area contributed by atoms with Crippen LogP contribution in [0.2, 0.25) is 5.02 Å². The predicted octanol–water partition coefficient (Wildman–Crippen LogP) is 3.31. The molecule has 0 atom stereocenters. The van der Waals surface area contributed by atoms with Gasteiger partial charge in [0.1, 0.15) is 5.54 Å². The molecule has 3 rings (SSSR count). The molecule has 7 heteroatoms. The molecule has 0 unspecified atom stereocenters. The van der Waals surface area contributed by atoms with Crippen molar-refractivity contribution in [2.75, 3.05) is 18.1 Å². The standard InChI is InChI=1S/C18H21ClN2O3S/c1-2-24-17(23)18(5-7-25-8-6-18)21-16(22)9-12-11-20-15-10-13(19)3-4-14(12)15/h3-4,10-11,20H,2,5-9H2,1H3,(H,21,22). The smallest absolute Gasteiger partial charge is 0.331 e. The highest BCUT2D eigenvalue weighted by Crippen LogP contribution is 2.29. The van der Waals surface area contributed by atoms with Crippen LogP contribution in [0.15, 0.2) is 24.4 Å². The molecule has 0 saturated carbocycles. The van der Waals surface area contributed by atoms with E-state index in [0.29, 0.717) is 24.5 Å². The summed E-state index contributed by atoms with van der Waals surface area (Å²) in [5.41, 5.74) is 0.881. The van der Waals surface area contributed by atoms with Gasteiger partial charge in [-0.15, -0.1) is 0 Å². The van der Waals surface area contributed by atoms with Gasteiger partial charge in [-0.2, -0.15) is 11.8 Å². The van der Waals surface area contributed by atoms with Gasteiger partial charge in [0.25, 0.3) is 0 Å². The van der Waals surface area contributed by atoms with E-state index in [1.165, 1.54) is 0 Å². The van der Waals surface area contributed by atoms with E-state index < -0.39 is 5.54 Å². The van der Waals surface area contributed by atoms with Gasteiger partial charge in [-0.1, -0.05) is 17.7 Å². The van der Waals surface area contributed by atoms with Crippen molar-refractivity contribution in [3.63, 3.8) is 0 Å². The maximum atomic E-state index is 12.6. The molecule has 1 aliphatic heterocycles. The predicted molar refractivity (Wildman–Crippen MR) is 101 cm³/mol. The number of thioether (sulfide) groups is 1.